The first kappa shape index (κ1) is 22.1. The minimum atomic E-state index is -1.40. The Morgan fingerprint density at radius 3 is 2.79 bits per heavy atom. The van der Waals surface area contributed by atoms with E-state index >= 15 is 4.39 Å². The molecule has 188 valence electrons. The molecule has 10 heteroatoms. The van der Waals surface area contributed by atoms with Gasteiger partial charge < -0.3 is 28.7 Å². The van der Waals surface area contributed by atoms with Gasteiger partial charge in [0.1, 0.15) is 27.9 Å². The van der Waals surface area contributed by atoms with Crippen molar-refractivity contribution in [2.45, 2.75) is 13.0 Å². The summed E-state index contributed by atoms with van der Waals surface area (Å²) in [6.07, 6.45) is 7.18. The molecule has 0 bridgehead atoms. The fraction of sp³-hybridized carbons (Fsp3) is 0.107. The minimum absolute atomic E-state index is 0.0864. The molecule has 3 aromatic heterocycles. The summed E-state index contributed by atoms with van der Waals surface area (Å²) >= 11 is 0. The van der Waals surface area contributed by atoms with Crippen LogP contribution < -0.4 is 15.5 Å². The van der Waals surface area contributed by atoms with Crippen molar-refractivity contribution in [2.24, 2.45) is 0 Å². The van der Waals surface area contributed by atoms with Gasteiger partial charge in [0.25, 0.3) is 0 Å². The first-order chi connectivity index (χ1) is 18.5. The van der Waals surface area contributed by atoms with Gasteiger partial charge in [0.05, 0.1) is 17.4 Å². The SMILES string of the molecule is O=C(O)c1cn2c3c(c(NCCCn4ccnc4)c(F)cc3c1=O)Oc1cc3c(cc1-2)oc1ccccc13. The molecule has 0 fully saturated rings. The second kappa shape index (κ2) is 8.20. The summed E-state index contributed by atoms with van der Waals surface area (Å²) < 4.78 is 31.2. The highest BCUT2D eigenvalue weighted by atomic mass is 19.1. The molecular weight excluding hydrogens is 491 g/mol. The topological polar surface area (TPSA) is 112 Å². The van der Waals surface area contributed by atoms with Crippen molar-refractivity contribution in [3.63, 3.8) is 0 Å². The summed E-state index contributed by atoms with van der Waals surface area (Å²) in [6, 6.07) is 12.1. The van der Waals surface area contributed by atoms with Gasteiger partial charge in [0, 0.05) is 48.5 Å². The van der Waals surface area contributed by atoms with Crippen molar-refractivity contribution in [1.29, 1.82) is 0 Å². The summed E-state index contributed by atoms with van der Waals surface area (Å²) in [4.78, 5) is 29.0. The van der Waals surface area contributed by atoms with Gasteiger partial charge in [-0.1, -0.05) is 18.2 Å². The number of rotatable bonds is 6. The standard InChI is InChI=1S/C28H19FN4O5/c29-19-10-17-25-27(24(19)31-6-3-8-32-9-7-30-14-32)38-23-11-16-15-4-1-2-5-21(15)37-22(16)12-20(23)33(25)13-18(26(17)34)28(35)36/h1-2,4-5,7,9-14,31H,3,6,8H2,(H,35,36). The molecule has 0 saturated carbocycles. The first-order valence-electron chi connectivity index (χ1n) is 12.0. The third kappa shape index (κ3) is 3.27. The van der Waals surface area contributed by atoms with Gasteiger partial charge in [0.15, 0.2) is 17.3 Å². The Kier molecular flexibility index (Phi) is 4.77. The van der Waals surface area contributed by atoms with Crippen LogP contribution in [0.1, 0.15) is 16.8 Å². The lowest BCUT2D eigenvalue weighted by Crippen LogP contribution is -2.21. The van der Waals surface area contributed by atoms with Crippen molar-refractivity contribution in [2.75, 3.05) is 11.9 Å². The summed E-state index contributed by atoms with van der Waals surface area (Å²) in [5.74, 6) is -1.61. The van der Waals surface area contributed by atoms with Crippen LogP contribution in [0.2, 0.25) is 0 Å². The minimum Gasteiger partial charge on any atom is -0.477 e. The molecule has 0 unspecified atom stereocenters. The van der Waals surface area contributed by atoms with Gasteiger partial charge in [-0.3, -0.25) is 4.79 Å². The molecule has 6 aromatic rings. The number of aromatic carboxylic acids is 1. The number of halogens is 1. The molecular formula is C28H19FN4O5. The molecule has 9 nitrogen and oxygen atoms in total. The molecule has 0 saturated heterocycles. The van der Waals surface area contributed by atoms with Gasteiger partial charge in [-0.25, -0.2) is 14.2 Å². The highest BCUT2D eigenvalue weighted by Crippen LogP contribution is 2.47. The average molecular weight is 510 g/mol. The monoisotopic (exact) mass is 510 g/mol. The largest absolute Gasteiger partial charge is 0.477 e. The number of anilines is 1. The van der Waals surface area contributed by atoms with Crippen LogP contribution in [0.4, 0.5) is 10.1 Å². The number of furan rings is 1. The zero-order chi connectivity index (χ0) is 26.0. The number of carboxylic acids is 1. The number of ether oxygens (including phenoxy) is 1. The van der Waals surface area contributed by atoms with E-state index in [1.165, 1.54) is 6.20 Å². The molecule has 1 aliphatic rings. The van der Waals surface area contributed by atoms with Crippen LogP contribution in [-0.2, 0) is 6.54 Å². The number of carboxylic acid groups (broad SMARTS) is 1. The van der Waals surface area contributed by atoms with E-state index in [9.17, 15) is 14.7 Å². The number of imidazole rings is 1. The number of hydrogen-bond donors (Lipinski definition) is 2. The van der Waals surface area contributed by atoms with Gasteiger partial charge in [0.2, 0.25) is 5.43 Å². The number of benzene rings is 3. The lowest BCUT2D eigenvalue weighted by molar-refractivity contribution is 0.0695. The molecule has 0 atom stereocenters. The maximum absolute atomic E-state index is 15.5. The second-order valence-corrected chi connectivity index (χ2v) is 9.10. The molecule has 0 spiro atoms. The molecule has 1 aliphatic heterocycles. The Morgan fingerprint density at radius 1 is 1.11 bits per heavy atom. The molecule has 0 aliphatic carbocycles. The maximum Gasteiger partial charge on any atom is 0.341 e. The first-order valence-corrected chi connectivity index (χ1v) is 12.0. The molecule has 38 heavy (non-hydrogen) atoms. The van der Waals surface area contributed by atoms with Crippen LogP contribution in [-0.4, -0.2) is 31.7 Å². The fourth-order valence-electron chi connectivity index (χ4n) is 5.05. The van der Waals surface area contributed by atoms with Crippen molar-refractivity contribution in [3.05, 3.63) is 89.0 Å². The number of hydrogen-bond acceptors (Lipinski definition) is 6. The smallest absolute Gasteiger partial charge is 0.341 e. The number of para-hydroxylation sites is 1. The van der Waals surface area contributed by atoms with Crippen molar-refractivity contribution >= 4 is 44.5 Å². The molecule has 0 amide bonds. The van der Waals surface area contributed by atoms with Crippen LogP contribution in [0, 0.1) is 5.82 Å². The Balaban J connectivity index is 1.42. The van der Waals surface area contributed by atoms with Gasteiger partial charge in [-0.05, 0) is 24.6 Å². The van der Waals surface area contributed by atoms with Crippen LogP contribution in [0.25, 0.3) is 38.5 Å². The number of aryl methyl sites for hydroxylation is 1. The van der Waals surface area contributed by atoms with Crippen LogP contribution in [0.15, 0.2) is 76.6 Å². The zero-order valence-corrected chi connectivity index (χ0v) is 19.8. The third-order valence-corrected chi connectivity index (χ3v) is 6.81. The molecule has 2 N–H and O–H groups in total. The number of carbonyl (C=O) groups is 1. The molecule has 4 heterocycles. The Hall–Kier alpha value is -5.12. The predicted molar refractivity (Wildman–Crippen MR) is 139 cm³/mol. The number of pyridine rings is 1. The van der Waals surface area contributed by atoms with E-state index in [1.807, 2.05) is 35.0 Å². The Morgan fingerprint density at radius 2 is 1.97 bits per heavy atom. The highest BCUT2D eigenvalue weighted by molar-refractivity contribution is 6.07. The van der Waals surface area contributed by atoms with E-state index in [1.54, 1.807) is 29.2 Å². The van der Waals surface area contributed by atoms with Gasteiger partial charge in [-0.2, -0.15) is 0 Å². The Bertz CT molecular complexity index is 1970. The maximum atomic E-state index is 15.5. The van der Waals surface area contributed by atoms with E-state index in [-0.39, 0.29) is 22.3 Å². The summed E-state index contributed by atoms with van der Waals surface area (Å²) in [5.41, 5.74) is 0.859. The number of nitrogens with one attached hydrogen (secondary N) is 1. The van der Waals surface area contributed by atoms with Crippen LogP contribution in [0.3, 0.4) is 0 Å². The number of aromatic nitrogens is 3. The van der Waals surface area contributed by atoms with Crippen LogP contribution >= 0.6 is 0 Å². The van der Waals surface area contributed by atoms with Crippen molar-refractivity contribution in [1.82, 2.24) is 14.1 Å². The van der Waals surface area contributed by atoms with E-state index in [0.717, 1.165) is 16.8 Å². The lowest BCUT2D eigenvalue weighted by Gasteiger charge is -2.26. The van der Waals surface area contributed by atoms with Crippen molar-refractivity contribution in [3.8, 4) is 17.2 Å². The molecule has 3 aromatic carbocycles. The Labute approximate surface area is 213 Å². The average Bonchev–Trinajstić information content (AvgIpc) is 3.55. The number of fused-ring (bicyclic) bond motifs is 5. The normalized spacial score (nSPS) is 12.1. The van der Waals surface area contributed by atoms with Gasteiger partial charge >= 0.3 is 5.97 Å². The third-order valence-electron chi connectivity index (χ3n) is 6.81. The van der Waals surface area contributed by atoms with Gasteiger partial charge in [-0.15, -0.1) is 0 Å². The molecule has 0 radical (unpaired) electrons. The fourth-order valence-corrected chi connectivity index (χ4v) is 5.05. The van der Waals surface area contributed by atoms with Crippen molar-refractivity contribution < 1.29 is 23.4 Å². The number of nitrogens with zero attached hydrogens (tertiary/aromatic N) is 3. The second-order valence-electron chi connectivity index (χ2n) is 9.10. The van der Waals surface area contributed by atoms with E-state index in [0.29, 0.717) is 42.1 Å². The quantitative estimate of drug-likeness (QED) is 0.283. The summed E-state index contributed by atoms with van der Waals surface area (Å²) in [7, 11) is 0. The van der Waals surface area contributed by atoms with E-state index < -0.39 is 22.8 Å². The highest BCUT2D eigenvalue weighted by Gasteiger charge is 2.29. The predicted octanol–water partition coefficient (Wildman–Crippen LogP) is 5.53. The van der Waals surface area contributed by atoms with E-state index in [2.05, 4.69) is 10.3 Å². The molecule has 7 rings (SSSR count). The zero-order valence-electron chi connectivity index (χ0n) is 19.8. The summed E-state index contributed by atoms with van der Waals surface area (Å²) in [6.45, 7) is 1.10. The van der Waals surface area contributed by atoms with E-state index in [4.69, 9.17) is 9.15 Å². The lowest BCUT2D eigenvalue weighted by atomic mass is 10.1. The van der Waals surface area contributed by atoms with Crippen LogP contribution in [0.5, 0.6) is 11.5 Å². The summed E-state index contributed by atoms with van der Waals surface area (Å²) in [5, 5.41) is 14.4.